The summed E-state index contributed by atoms with van der Waals surface area (Å²) in [6.07, 6.45) is 11.9. The van der Waals surface area contributed by atoms with Gasteiger partial charge < -0.3 is 14.8 Å². The van der Waals surface area contributed by atoms with Crippen LogP contribution in [-0.4, -0.2) is 54.5 Å². The highest BCUT2D eigenvalue weighted by Gasteiger charge is 2.38. The Morgan fingerprint density at radius 3 is 2.79 bits per heavy atom. The van der Waals surface area contributed by atoms with Crippen LogP contribution >= 0.6 is 0 Å². The van der Waals surface area contributed by atoms with E-state index in [1.807, 2.05) is 24.4 Å². The first kappa shape index (κ1) is 22.7. The van der Waals surface area contributed by atoms with Crippen LogP contribution in [0.1, 0.15) is 28.9 Å². The maximum absolute atomic E-state index is 13.6. The highest BCUT2D eigenvalue weighted by Crippen LogP contribution is 2.30. The van der Waals surface area contributed by atoms with E-state index < -0.39 is 5.92 Å². The molecule has 5 aromatic heterocycles. The molecular formula is C27H22F2N8O. The van der Waals surface area contributed by atoms with E-state index in [1.54, 1.807) is 42.2 Å². The molecule has 1 saturated heterocycles. The fourth-order valence-corrected chi connectivity index (χ4v) is 5.04. The van der Waals surface area contributed by atoms with Gasteiger partial charge in [0.25, 0.3) is 5.92 Å². The number of fused-ring (bicyclic) bond motifs is 2. The number of imidazole rings is 1. The Morgan fingerprint density at radius 2 is 1.95 bits per heavy atom. The van der Waals surface area contributed by atoms with Gasteiger partial charge in [-0.25, -0.2) is 13.8 Å². The number of alkyl halides is 2. The second-order valence-corrected chi connectivity index (χ2v) is 9.60. The largest absolute Gasteiger partial charge is 0.472 e. The zero-order chi connectivity index (χ0) is 25.7. The summed E-state index contributed by atoms with van der Waals surface area (Å²) < 4.78 is 32.5. The van der Waals surface area contributed by atoms with Gasteiger partial charge in [-0.15, -0.1) is 0 Å². The topological polar surface area (TPSA) is 108 Å². The van der Waals surface area contributed by atoms with Crippen molar-refractivity contribution in [2.24, 2.45) is 5.10 Å². The molecule has 0 aliphatic carbocycles. The quantitative estimate of drug-likeness (QED) is 0.360. The van der Waals surface area contributed by atoms with Crippen molar-refractivity contribution >= 4 is 16.7 Å². The number of furan rings is 1. The van der Waals surface area contributed by atoms with Crippen molar-refractivity contribution in [1.29, 1.82) is 0 Å². The molecule has 9 nitrogen and oxygen atoms in total. The number of halogens is 2. The van der Waals surface area contributed by atoms with Crippen LogP contribution in [0.2, 0.25) is 0 Å². The monoisotopic (exact) mass is 512 g/mol. The lowest BCUT2D eigenvalue weighted by Crippen LogP contribution is -2.24. The zero-order valence-electron chi connectivity index (χ0n) is 20.2. The van der Waals surface area contributed by atoms with E-state index in [2.05, 4.69) is 30.5 Å². The van der Waals surface area contributed by atoms with E-state index >= 15 is 0 Å². The Balaban J connectivity index is 1.23. The maximum atomic E-state index is 13.6. The molecule has 0 atom stereocenters. The molecule has 0 amide bonds. The molecular weight excluding hydrogens is 490 g/mol. The number of aromatic amines is 1. The summed E-state index contributed by atoms with van der Waals surface area (Å²) in [4.78, 5) is 23.3. The minimum absolute atomic E-state index is 0.107. The van der Waals surface area contributed by atoms with Crippen LogP contribution in [0.3, 0.4) is 0 Å². The Hall–Kier alpha value is -4.51. The summed E-state index contributed by atoms with van der Waals surface area (Å²) in [5.74, 6) is -2.02. The Bertz CT molecular complexity index is 1680. The molecule has 2 aliphatic heterocycles. The number of pyridine rings is 3. The van der Waals surface area contributed by atoms with E-state index in [4.69, 9.17) is 9.40 Å². The first-order chi connectivity index (χ1) is 18.5. The van der Waals surface area contributed by atoms with Gasteiger partial charge in [0.1, 0.15) is 11.2 Å². The lowest BCUT2D eigenvalue weighted by Gasteiger charge is -2.18. The van der Waals surface area contributed by atoms with Gasteiger partial charge in [0.2, 0.25) is 0 Å². The molecule has 11 heteroatoms. The van der Waals surface area contributed by atoms with Gasteiger partial charge >= 0.3 is 0 Å². The van der Waals surface area contributed by atoms with Gasteiger partial charge in [-0.2, -0.15) is 5.10 Å². The molecule has 0 unspecified atom stereocenters. The van der Waals surface area contributed by atoms with Crippen molar-refractivity contribution in [3.63, 3.8) is 0 Å². The van der Waals surface area contributed by atoms with Crippen molar-refractivity contribution in [2.75, 3.05) is 13.1 Å². The van der Waals surface area contributed by atoms with Gasteiger partial charge in [-0.05, 0) is 23.8 Å². The van der Waals surface area contributed by atoms with Crippen LogP contribution in [0.5, 0.6) is 0 Å². The number of hydrogen-bond donors (Lipinski definition) is 2. The predicted molar refractivity (Wildman–Crippen MR) is 136 cm³/mol. The Labute approximate surface area is 215 Å². The fourth-order valence-electron chi connectivity index (χ4n) is 5.04. The third-order valence-electron chi connectivity index (χ3n) is 6.90. The SMILES string of the molecule is FC1(F)CCN(Cc2cncc(-c3cc4c(cn3)CNN=C4c3nc4c(-c5ccoc5)cncc4[nH]3)c2)C1. The minimum atomic E-state index is -2.62. The molecule has 0 spiro atoms. The average Bonchev–Trinajstić information content (AvgIpc) is 3.68. The van der Waals surface area contributed by atoms with Crippen LogP contribution in [0, 0.1) is 0 Å². The van der Waals surface area contributed by atoms with Gasteiger partial charge in [0.15, 0.2) is 5.82 Å². The van der Waals surface area contributed by atoms with E-state index in [0.717, 1.165) is 50.1 Å². The third kappa shape index (κ3) is 4.10. The Morgan fingerprint density at radius 1 is 1.03 bits per heavy atom. The number of likely N-dealkylation sites (tertiary alicyclic amines) is 1. The second kappa shape index (κ2) is 8.80. The number of nitrogens with one attached hydrogen (secondary N) is 2. The second-order valence-electron chi connectivity index (χ2n) is 9.60. The van der Waals surface area contributed by atoms with Crippen molar-refractivity contribution in [1.82, 2.24) is 35.2 Å². The molecule has 1 fully saturated rings. The number of aromatic nitrogens is 5. The van der Waals surface area contributed by atoms with Crippen molar-refractivity contribution in [2.45, 2.75) is 25.4 Å². The van der Waals surface area contributed by atoms with Gasteiger partial charge in [0.05, 0.1) is 43.0 Å². The minimum Gasteiger partial charge on any atom is -0.472 e. The van der Waals surface area contributed by atoms with Gasteiger partial charge in [0, 0.05) is 72.1 Å². The summed E-state index contributed by atoms with van der Waals surface area (Å²) in [6, 6.07) is 5.80. The predicted octanol–water partition coefficient (Wildman–Crippen LogP) is 4.37. The number of nitrogens with zero attached hydrogens (tertiary/aromatic N) is 6. The van der Waals surface area contributed by atoms with Crippen LogP contribution < -0.4 is 5.43 Å². The Kier molecular flexibility index (Phi) is 5.25. The number of rotatable bonds is 5. The molecule has 7 rings (SSSR count). The molecule has 0 radical (unpaired) electrons. The van der Waals surface area contributed by atoms with Crippen molar-refractivity contribution < 1.29 is 13.2 Å². The molecule has 0 aromatic carbocycles. The normalized spacial score (nSPS) is 16.8. The van der Waals surface area contributed by atoms with Crippen molar-refractivity contribution in [3.8, 4) is 22.4 Å². The van der Waals surface area contributed by atoms with E-state index in [0.29, 0.717) is 31.2 Å². The molecule has 5 aromatic rings. The van der Waals surface area contributed by atoms with Crippen LogP contribution in [-0.2, 0) is 13.1 Å². The van der Waals surface area contributed by atoms with Gasteiger partial charge in [-0.1, -0.05) is 0 Å². The van der Waals surface area contributed by atoms with Gasteiger partial charge in [-0.3, -0.25) is 19.9 Å². The molecule has 7 heterocycles. The first-order valence-corrected chi connectivity index (χ1v) is 12.2. The fraction of sp³-hybridized carbons (Fsp3) is 0.222. The van der Waals surface area contributed by atoms with E-state index in [-0.39, 0.29) is 13.0 Å². The van der Waals surface area contributed by atoms with Crippen LogP contribution in [0.4, 0.5) is 8.78 Å². The summed E-state index contributed by atoms with van der Waals surface area (Å²) in [7, 11) is 0. The summed E-state index contributed by atoms with van der Waals surface area (Å²) >= 11 is 0. The lowest BCUT2D eigenvalue weighted by molar-refractivity contribution is 0.0115. The first-order valence-electron chi connectivity index (χ1n) is 12.2. The maximum Gasteiger partial charge on any atom is 0.261 e. The van der Waals surface area contributed by atoms with Crippen LogP contribution in [0.25, 0.3) is 33.4 Å². The standard InChI is InChI=1S/C27H22F2N8O/c28-27(29)2-3-37(15-27)13-16-5-18(8-30-7-16)22-6-20-19(9-32-22)10-33-36-25(20)26-34-23-12-31-11-21(24(23)35-26)17-1-4-38-14-17/h1,4-9,11-12,14,33H,2-3,10,13,15H2,(H,34,35). The molecule has 38 heavy (non-hydrogen) atoms. The van der Waals surface area contributed by atoms with E-state index in [1.165, 1.54) is 0 Å². The molecule has 190 valence electrons. The number of H-pyrrole nitrogens is 1. The average molecular weight is 513 g/mol. The summed E-state index contributed by atoms with van der Waals surface area (Å²) in [5, 5.41) is 4.58. The summed E-state index contributed by atoms with van der Waals surface area (Å²) in [5.41, 5.74) is 11.3. The smallest absolute Gasteiger partial charge is 0.261 e. The highest BCUT2D eigenvalue weighted by atomic mass is 19.3. The zero-order valence-corrected chi connectivity index (χ0v) is 20.2. The highest BCUT2D eigenvalue weighted by molar-refractivity contribution is 6.13. The molecule has 0 bridgehead atoms. The molecule has 2 N–H and O–H groups in total. The number of hydrazone groups is 1. The van der Waals surface area contributed by atoms with E-state index in [9.17, 15) is 8.78 Å². The molecule has 2 aliphatic rings. The van der Waals surface area contributed by atoms with Crippen LogP contribution in [0.15, 0.2) is 71.2 Å². The number of hydrogen-bond acceptors (Lipinski definition) is 8. The summed E-state index contributed by atoms with van der Waals surface area (Å²) in [6.45, 7) is 1.10. The molecule has 0 saturated carbocycles. The third-order valence-corrected chi connectivity index (χ3v) is 6.90. The lowest BCUT2D eigenvalue weighted by atomic mass is 10.00. The van der Waals surface area contributed by atoms with Crippen molar-refractivity contribution in [3.05, 3.63) is 84.2 Å².